The number of hydrogen-bond donors (Lipinski definition) is 3. The third kappa shape index (κ3) is 5.95. The van der Waals surface area contributed by atoms with E-state index in [-0.39, 0.29) is 29.1 Å². The van der Waals surface area contributed by atoms with Gasteiger partial charge in [0.2, 0.25) is 11.8 Å². The number of halogens is 1. The Balaban J connectivity index is 1.35. The molecule has 0 aliphatic carbocycles. The van der Waals surface area contributed by atoms with E-state index in [4.69, 9.17) is 0 Å². The minimum absolute atomic E-state index is 0.141. The molecule has 0 saturated carbocycles. The molecule has 0 spiro atoms. The molecule has 0 atom stereocenters. The molecule has 0 unspecified atom stereocenters. The zero-order valence-electron chi connectivity index (χ0n) is 14.9. The van der Waals surface area contributed by atoms with Crippen LogP contribution in [0.5, 0.6) is 0 Å². The first kappa shape index (κ1) is 19.6. The highest BCUT2D eigenvalue weighted by atomic mass is 32.2. The second kappa shape index (κ2) is 9.70. The number of amides is 2. The molecule has 0 radical (unpaired) electrons. The molecule has 28 heavy (non-hydrogen) atoms. The van der Waals surface area contributed by atoms with E-state index in [0.717, 1.165) is 16.8 Å². The highest BCUT2D eigenvalue weighted by molar-refractivity contribution is 8.00. The fraction of sp³-hybridized carbons (Fsp3) is 0.150. The van der Waals surface area contributed by atoms with Crippen molar-refractivity contribution in [2.24, 2.45) is 0 Å². The number of H-pyrrole nitrogens is 1. The lowest BCUT2D eigenvalue weighted by Gasteiger charge is -2.07. The number of carbonyl (C=O) groups excluding carboxylic acids is 2. The number of anilines is 1. The zero-order valence-corrected chi connectivity index (χ0v) is 15.8. The summed E-state index contributed by atoms with van der Waals surface area (Å²) in [6, 6.07) is 15.2. The van der Waals surface area contributed by atoms with Crippen molar-refractivity contribution in [3.05, 3.63) is 72.2 Å². The molecule has 0 saturated heterocycles. The number of nitrogens with one attached hydrogen (secondary N) is 3. The SMILES string of the molecule is O=C(CSCC(=O)Nc1ccc(F)cc1)NCc1ccc(-c2ccn[nH]2)cc1. The van der Waals surface area contributed by atoms with Gasteiger partial charge in [0.05, 0.1) is 17.2 Å². The Morgan fingerprint density at radius 1 is 0.964 bits per heavy atom. The fourth-order valence-corrected chi connectivity index (χ4v) is 3.08. The van der Waals surface area contributed by atoms with Crippen molar-refractivity contribution in [2.45, 2.75) is 6.54 Å². The van der Waals surface area contributed by atoms with Gasteiger partial charge in [0, 0.05) is 18.4 Å². The van der Waals surface area contributed by atoms with Gasteiger partial charge in [0.1, 0.15) is 5.82 Å². The molecule has 2 amide bonds. The van der Waals surface area contributed by atoms with Crippen LogP contribution in [0.3, 0.4) is 0 Å². The Labute approximate surface area is 165 Å². The van der Waals surface area contributed by atoms with Gasteiger partial charge >= 0.3 is 0 Å². The third-order valence-corrected chi connectivity index (χ3v) is 4.78. The maximum atomic E-state index is 12.8. The van der Waals surface area contributed by atoms with Gasteiger partial charge < -0.3 is 10.6 Å². The van der Waals surface area contributed by atoms with Crippen molar-refractivity contribution in [3.63, 3.8) is 0 Å². The zero-order chi connectivity index (χ0) is 19.8. The summed E-state index contributed by atoms with van der Waals surface area (Å²) in [7, 11) is 0. The summed E-state index contributed by atoms with van der Waals surface area (Å²) in [5.41, 5.74) is 3.46. The predicted octanol–water partition coefficient (Wildman–Crippen LogP) is 3.20. The van der Waals surface area contributed by atoms with E-state index in [0.29, 0.717) is 12.2 Å². The number of thioether (sulfide) groups is 1. The van der Waals surface area contributed by atoms with E-state index in [1.165, 1.54) is 36.0 Å². The van der Waals surface area contributed by atoms with Gasteiger partial charge in [-0.15, -0.1) is 11.8 Å². The molecule has 1 aromatic heterocycles. The maximum absolute atomic E-state index is 12.8. The summed E-state index contributed by atoms with van der Waals surface area (Å²) < 4.78 is 12.8. The summed E-state index contributed by atoms with van der Waals surface area (Å²) >= 11 is 1.22. The highest BCUT2D eigenvalue weighted by Gasteiger charge is 2.07. The van der Waals surface area contributed by atoms with E-state index in [9.17, 15) is 14.0 Å². The van der Waals surface area contributed by atoms with Gasteiger partial charge in [-0.2, -0.15) is 5.10 Å². The van der Waals surface area contributed by atoms with Gasteiger partial charge in [-0.3, -0.25) is 14.7 Å². The van der Waals surface area contributed by atoms with Gasteiger partial charge in [0.25, 0.3) is 0 Å². The molecule has 3 N–H and O–H groups in total. The molecule has 0 aliphatic rings. The second-order valence-corrected chi connectivity index (χ2v) is 6.98. The molecule has 3 aromatic rings. The van der Waals surface area contributed by atoms with Gasteiger partial charge in [-0.25, -0.2) is 4.39 Å². The number of nitrogens with zero attached hydrogens (tertiary/aromatic N) is 1. The molecule has 0 bridgehead atoms. The number of rotatable bonds is 8. The van der Waals surface area contributed by atoms with Crippen molar-refractivity contribution < 1.29 is 14.0 Å². The lowest BCUT2D eigenvalue weighted by molar-refractivity contribution is -0.118. The standard InChI is InChI=1S/C20H19FN4O2S/c21-16-5-7-17(8-6-16)24-20(27)13-28-12-19(26)22-11-14-1-3-15(4-2-14)18-9-10-23-25-18/h1-10H,11-13H2,(H,22,26)(H,23,25)(H,24,27). The van der Waals surface area contributed by atoms with Crippen LogP contribution in [0.1, 0.15) is 5.56 Å². The summed E-state index contributed by atoms with van der Waals surface area (Å²) in [6.45, 7) is 0.421. The van der Waals surface area contributed by atoms with E-state index in [1.54, 1.807) is 6.20 Å². The Morgan fingerprint density at radius 3 is 2.36 bits per heavy atom. The van der Waals surface area contributed by atoms with Crippen LogP contribution in [0.2, 0.25) is 0 Å². The fourth-order valence-electron chi connectivity index (χ4n) is 2.44. The van der Waals surface area contributed by atoms with E-state index >= 15 is 0 Å². The molecule has 6 nitrogen and oxygen atoms in total. The quantitative estimate of drug-likeness (QED) is 0.544. The molecule has 3 rings (SSSR count). The predicted molar refractivity (Wildman–Crippen MR) is 108 cm³/mol. The van der Waals surface area contributed by atoms with Crippen LogP contribution in [0.15, 0.2) is 60.8 Å². The van der Waals surface area contributed by atoms with Crippen LogP contribution in [-0.2, 0) is 16.1 Å². The minimum Gasteiger partial charge on any atom is -0.351 e. The van der Waals surface area contributed by atoms with Crippen molar-refractivity contribution in [1.29, 1.82) is 0 Å². The Bertz CT molecular complexity index is 912. The molecule has 2 aromatic carbocycles. The molecular weight excluding hydrogens is 379 g/mol. The topological polar surface area (TPSA) is 86.9 Å². The number of carbonyl (C=O) groups is 2. The van der Waals surface area contributed by atoms with Crippen LogP contribution in [0.25, 0.3) is 11.3 Å². The number of benzene rings is 2. The van der Waals surface area contributed by atoms with E-state index in [1.807, 2.05) is 30.3 Å². The maximum Gasteiger partial charge on any atom is 0.234 e. The average molecular weight is 398 g/mol. The third-order valence-electron chi connectivity index (χ3n) is 3.85. The summed E-state index contributed by atoms with van der Waals surface area (Å²) in [6.07, 6.45) is 1.70. The molecule has 8 heteroatoms. The summed E-state index contributed by atoms with van der Waals surface area (Å²) in [4.78, 5) is 23.8. The molecular formula is C20H19FN4O2S. The largest absolute Gasteiger partial charge is 0.351 e. The number of aromatic nitrogens is 2. The van der Waals surface area contributed by atoms with E-state index < -0.39 is 0 Å². The lowest BCUT2D eigenvalue weighted by Crippen LogP contribution is -2.25. The van der Waals surface area contributed by atoms with Crippen LogP contribution in [0.4, 0.5) is 10.1 Å². The monoisotopic (exact) mass is 398 g/mol. The molecule has 144 valence electrons. The summed E-state index contributed by atoms with van der Waals surface area (Å²) in [5.74, 6) is -0.414. The Morgan fingerprint density at radius 2 is 1.68 bits per heavy atom. The lowest BCUT2D eigenvalue weighted by atomic mass is 10.1. The average Bonchev–Trinajstić information content (AvgIpc) is 3.23. The summed E-state index contributed by atoms with van der Waals surface area (Å²) in [5, 5.41) is 12.3. The molecule has 0 aliphatic heterocycles. The van der Waals surface area contributed by atoms with Crippen LogP contribution in [-0.4, -0.2) is 33.5 Å². The first-order valence-corrected chi connectivity index (χ1v) is 9.74. The normalized spacial score (nSPS) is 10.5. The van der Waals surface area contributed by atoms with E-state index in [2.05, 4.69) is 20.8 Å². The first-order valence-electron chi connectivity index (χ1n) is 8.59. The minimum atomic E-state index is -0.361. The smallest absolute Gasteiger partial charge is 0.234 e. The van der Waals surface area contributed by atoms with Crippen molar-refractivity contribution in [1.82, 2.24) is 15.5 Å². The van der Waals surface area contributed by atoms with Gasteiger partial charge in [-0.05, 0) is 41.5 Å². The first-order chi connectivity index (χ1) is 13.6. The van der Waals surface area contributed by atoms with Crippen LogP contribution >= 0.6 is 11.8 Å². The molecule has 0 fully saturated rings. The van der Waals surface area contributed by atoms with Crippen LogP contribution < -0.4 is 10.6 Å². The second-order valence-electron chi connectivity index (χ2n) is 5.99. The van der Waals surface area contributed by atoms with Gasteiger partial charge in [-0.1, -0.05) is 24.3 Å². The molecule has 1 heterocycles. The Kier molecular flexibility index (Phi) is 6.80. The van der Waals surface area contributed by atoms with Crippen molar-refractivity contribution >= 4 is 29.3 Å². The van der Waals surface area contributed by atoms with Crippen molar-refractivity contribution in [2.75, 3.05) is 16.8 Å². The van der Waals surface area contributed by atoms with Crippen molar-refractivity contribution in [3.8, 4) is 11.3 Å². The Hall–Kier alpha value is -3.13. The number of hydrogen-bond acceptors (Lipinski definition) is 4. The highest BCUT2D eigenvalue weighted by Crippen LogP contribution is 2.16. The van der Waals surface area contributed by atoms with Gasteiger partial charge in [0.15, 0.2) is 0 Å². The van der Waals surface area contributed by atoms with Crippen LogP contribution in [0, 0.1) is 5.82 Å². The number of aromatic amines is 1.